The van der Waals surface area contributed by atoms with E-state index in [1.807, 2.05) is 6.92 Å². The molecule has 0 spiro atoms. The number of thiocarbonyl (C=S) groups is 1. The fourth-order valence-electron chi connectivity index (χ4n) is 2.98. The van der Waals surface area contributed by atoms with Crippen molar-refractivity contribution in [2.75, 3.05) is 20.3 Å². The lowest BCUT2D eigenvalue weighted by Gasteiger charge is -2.16. The first-order valence-electron chi connectivity index (χ1n) is 10.2. The van der Waals surface area contributed by atoms with Crippen molar-refractivity contribution in [3.63, 3.8) is 0 Å². The summed E-state index contributed by atoms with van der Waals surface area (Å²) in [6.07, 6.45) is 1.60. The maximum atomic E-state index is 13.0. The molecule has 0 aromatic heterocycles. The Hall–Kier alpha value is -2.60. The average molecular weight is 600 g/mol. The Bertz CT molecular complexity index is 1240. The minimum Gasteiger partial charge on any atom is -0.493 e. The molecule has 0 saturated carbocycles. The predicted molar refractivity (Wildman–Crippen MR) is 141 cm³/mol. The Morgan fingerprint density at radius 1 is 1.29 bits per heavy atom. The number of rotatable bonds is 8. The highest BCUT2D eigenvalue weighted by Crippen LogP contribution is 2.39. The largest absolute Gasteiger partial charge is 0.493 e. The van der Waals surface area contributed by atoms with Crippen LogP contribution in [-0.2, 0) is 14.3 Å². The molecule has 8 nitrogen and oxygen atoms in total. The van der Waals surface area contributed by atoms with Gasteiger partial charge in [0.15, 0.2) is 22.4 Å². The quantitative estimate of drug-likeness (QED) is 0.260. The Balaban J connectivity index is 1.79. The van der Waals surface area contributed by atoms with Crippen molar-refractivity contribution >= 4 is 79.7 Å². The summed E-state index contributed by atoms with van der Waals surface area (Å²) >= 11 is 15.9. The fourth-order valence-corrected chi connectivity index (χ4v) is 5.05. The van der Waals surface area contributed by atoms with Gasteiger partial charge in [-0.05, 0) is 83.5 Å². The van der Waals surface area contributed by atoms with E-state index in [1.54, 1.807) is 43.3 Å². The van der Waals surface area contributed by atoms with Gasteiger partial charge in [-0.1, -0.05) is 29.4 Å². The van der Waals surface area contributed by atoms with Crippen LogP contribution in [0.25, 0.3) is 6.08 Å². The van der Waals surface area contributed by atoms with E-state index in [9.17, 15) is 14.4 Å². The lowest BCUT2D eigenvalue weighted by molar-refractivity contribution is -0.145. The van der Waals surface area contributed by atoms with Gasteiger partial charge < -0.3 is 14.2 Å². The van der Waals surface area contributed by atoms with E-state index < -0.39 is 17.8 Å². The van der Waals surface area contributed by atoms with Crippen LogP contribution in [0.15, 0.2) is 39.7 Å². The second kappa shape index (κ2) is 11.9. The maximum absolute atomic E-state index is 13.0. The summed E-state index contributed by atoms with van der Waals surface area (Å²) in [5, 5.41) is 1.28. The molecule has 1 aliphatic heterocycles. The maximum Gasteiger partial charge on any atom is 0.344 e. The molecule has 0 atom stereocenters. The summed E-state index contributed by atoms with van der Waals surface area (Å²) in [6, 6.07) is 8.32. The van der Waals surface area contributed by atoms with E-state index in [0.717, 1.165) is 22.3 Å². The number of amides is 2. The number of thioether (sulfide) groups is 1. The van der Waals surface area contributed by atoms with E-state index in [0.29, 0.717) is 26.4 Å². The van der Waals surface area contributed by atoms with Crippen LogP contribution in [0.2, 0.25) is 5.02 Å². The lowest BCUT2D eigenvalue weighted by Crippen LogP contribution is -2.44. The first-order chi connectivity index (χ1) is 16.6. The number of carbonyl (C=O) groups is 3. The summed E-state index contributed by atoms with van der Waals surface area (Å²) in [4.78, 5) is 37.5. The van der Waals surface area contributed by atoms with E-state index in [1.165, 1.54) is 7.11 Å². The van der Waals surface area contributed by atoms with Crippen LogP contribution in [0.4, 0.5) is 0 Å². The Morgan fingerprint density at radius 3 is 2.69 bits per heavy atom. The van der Waals surface area contributed by atoms with Crippen LogP contribution in [0.5, 0.6) is 11.5 Å². The summed E-state index contributed by atoms with van der Waals surface area (Å²) in [5.74, 6) is -0.905. The first-order valence-corrected chi connectivity index (χ1v) is 12.5. The smallest absolute Gasteiger partial charge is 0.344 e. The van der Waals surface area contributed by atoms with Crippen molar-refractivity contribution in [1.29, 1.82) is 0 Å². The van der Waals surface area contributed by atoms with Crippen LogP contribution in [0, 0.1) is 6.92 Å². The molecular weight excluding hydrogens is 580 g/mol. The standard InChI is InChI=1S/C23H20BrClN2O6S2/c1-4-32-19(28)11-33-20-15(24)8-13(9-17(20)31-3)10-18-22(30)27(23(34)35-18)26-21(29)14-6-5-12(2)7-16(14)25/h5-10H,4,11H2,1-3H3,(H,26,29)/b18-10-. The van der Waals surface area contributed by atoms with Gasteiger partial charge in [0.25, 0.3) is 11.8 Å². The van der Waals surface area contributed by atoms with Crippen LogP contribution in [0.3, 0.4) is 0 Å². The van der Waals surface area contributed by atoms with Crippen molar-refractivity contribution in [2.24, 2.45) is 0 Å². The van der Waals surface area contributed by atoms with Crippen LogP contribution < -0.4 is 14.9 Å². The van der Waals surface area contributed by atoms with Crippen LogP contribution >= 0.6 is 51.5 Å². The van der Waals surface area contributed by atoms with E-state index >= 15 is 0 Å². The number of hydrogen-bond acceptors (Lipinski definition) is 8. The van der Waals surface area contributed by atoms with Gasteiger partial charge in [-0.25, -0.2) is 4.79 Å². The number of ether oxygens (including phenoxy) is 3. The third-order valence-electron chi connectivity index (χ3n) is 4.57. The molecule has 2 aromatic rings. The monoisotopic (exact) mass is 598 g/mol. The predicted octanol–water partition coefficient (Wildman–Crippen LogP) is 4.91. The zero-order chi connectivity index (χ0) is 25.7. The molecule has 0 radical (unpaired) electrons. The number of hydrazine groups is 1. The normalized spacial score (nSPS) is 14.3. The molecule has 12 heteroatoms. The van der Waals surface area contributed by atoms with Crippen molar-refractivity contribution in [3.05, 3.63) is 61.4 Å². The van der Waals surface area contributed by atoms with Gasteiger partial charge in [0, 0.05) is 0 Å². The van der Waals surface area contributed by atoms with Gasteiger partial charge in [0.05, 0.1) is 33.7 Å². The molecule has 0 unspecified atom stereocenters. The molecule has 35 heavy (non-hydrogen) atoms. The summed E-state index contributed by atoms with van der Waals surface area (Å²) in [5.41, 5.74) is 4.24. The third-order valence-corrected chi connectivity index (χ3v) is 6.77. The highest BCUT2D eigenvalue weighted by molar-refractivity contribution is 9.10. The SMILES string of the molecule is CCOC(=O)COc1c(Br)cc(/C=C2\SC(=S)N(NC(=O)c3ccc(C)cc3Cl)C2=O)cc1OC. The van der Waals surface area contributed by atoms with Crippen molar-refractivity contribution in [1.82, 2.24) is 10.4 Å². The van der Waals surface area contributed by atoms with Gasteiger partial charge in [-0.2, -0.15) is 5.01 Å². The number of esters is 1. The van der Waals surface area contributed by atoms with Crippen molar-refractivity contribution in [3.8, 4) is 11.5 Å². The topological polar surface area (TPSA) is 94.2 Å². The summed E-state index contributed by atoms with van der Waals surface area (Å²) < 4.78 is 16.4. The lowest BCUT2D eigenvalue weighted by atomic mass is 10.1. The molecule has 2 aromatic carbocycles. The fraction of sp³-hybridized carbons (Fsp3) is 0.217. The molecule has 1 N–H and O–H groups in total. The number of aryl methyl sites for hydroxylation is 1. The molecule has 1 saturated heterocycles. The van der Waals surface area contributed by atoms with Gasteiger partial charge in [-0.15, -0.1) is 0 Å². The number of nitrogens with zero attached hydrogens (tertiary/aromatic N) is 1. The molecule has 0 aliphatic carbocycles. The zero-order valence-electron chi connectivity index (χ0n) is 18.8. The second-order valence-corrected chi connectivity index (χ2v) is 10.0. The van der Waals surface area contributed by atoms with Gasteiger partial charge in [-0.3, -0.25) is 15.0 Å². The number of benzene rings is 2. The summed E-state index contributed by atoms with van der Waals surface area (Å²) in [6.45, 7) is 3.52. The minimum atomic E-state index is -0.555. The number of nitrogens with one attached hydrogen (secondary N) is 1. The highest BCUT2D eigenvalue weighted by atomic mass is 79.9. The van der Waals surface area contributed by atoms with Gasteiger partial charge in [0.1, 0.15) is 0 Å². The highest BCUT2D eigenvalue weighted by Gasteiger charge is 2.34. The zero-order valence-corrected chi connectivity index (χ0v) is 22.8. The Labute approximate surface area is 225 Å². The molecule has 184 valence electrons. The minimum absolute atomic E-state index is 0.165. The van der Waals surface area contributed by atoms with E-state index in [4.69, 9.17) is 38.0 Å². The van der Waals surface area contributed by atoms with Crippen molar-refractivity contribution in [2.45, 2.75) is 13.8 Å². The number of halogens is 2. The Kier molecular flexibility index (Phi) is 9.17. The average Bonchev–Trinajstić information content (AvgIpc) is 3.05. The molecule has 0 bridgehead atoms. The molecule has 1 heterocycles. The third kappa shape index (κ3) is 6.54. The second-order valence-electron chi connectivity index (χ2n) is 7.07. The first kappa shape index (κ1) is 27.0. The Morgan fingerprint density at radius 2 is 2.03 bits per heavy atom. The summed E-state index contributed by atoms with van der Waals surface area (Å²) in [7, 11) is 1.45. The van der Waals surface area contributed by atoms with E-state index in [-0.39, 0.29) is 28.1 Å². The van der Waals surface area contributed by atoms with Crippen LogP contribution in [0.1, 0.15) is 28.4 Å². The van der Waals surface area contributed by atoms with Gasteiger partial charge >= 0.3 is 5.97 Å². The van der Waals surface area contributed by atoms with Crippen molar-refractivity contribution < 1.29 is 28.6 Å². The molecule has 1 fully saturated rings. The number of methoxy groups -OCH3 is 1. The van der Waals surface area contributed by atoms with Crippen LogP contribution in [-0.4, -0.2) is 47.4 Å². The van der Waals surface area contributed by atoms with E-state index in [2.05, 4.69) is 21.4 Å². The number of hydrogen-bond donors (Lipinski definition) is 1. The molecule has 3 rings (SSSR count). The molecular formula is C23H20BrClN2O6S2. The number of carbonyl (C=O) groups excluding carboxylic acids is 3. The molecule has 2 amide bonds. The van der Waals surface area contributed by atoms with Gasteiger partial charge in [0.2, 0.25) is 0 Å². The molecule has 1 aliphatic rings.